The smallest absolute Gasteiger partial charge is 0.256 e. The zero-order chi connectivity index (χ0) is 15.2. The molecule has 1 aliphatic carbocycles. The first-order valence-corrected chi connectivity index (χ1v) is 7.95. The van der Waals surface area contributed by atoms with Gasteiger partial charge < -0.3 is 10.6 Å². The molecule has 5 nitrogen and oxygen atoms in total. The maximum Gasteiger partial charge on any atom is 0.256 e. The second-order valence-electron chi connectivity index (χ2n) is 5.92. The summed E-state index contributed by atoms with van der Waals surface area (Å²) in [5, 5.41) is 8.10. The molecule has 0 saturated heterocycles. The number of carbonyl (C=O) groups excluding carboxylic acids is 1. The van der Waals surface area contributed by atoms with Gasteiger partial charge in [0.1, 0.15) is 0 Å². The van der Waals surface area contributed by atoms with Crippen LogP contribution in [0.25, 0.3) is 0 Å². The SMILES string of the molecule is Cc1cc(C(=O)N(CCCN)C2CCCCC2)c(C)nn1. The predicted molar refractivity (Wildman–Crippen MR) is 83.1 cm³/mol. The Bertz CT molecular complexity index is 483. The highest BCUT2D eigenvalue weighted by molar-refractivity contribution is 5.95. The summed E-state index contributed by atoms with van der Waals surface area (Å²) in [6.45, 7) is 5.07. The quantitative estimate of drug-likeness (QED) is 0.902. The molecule has 2 N–H and O–H groups in total. The van der Waals surface area contributed by atoms with Gasteiger partial charge in [-0.15, -0.1) is 0 Å². The van der Waals surface area contributed by atoms with Gasteiger partial charge in [0.2, 0.25) is 0 Å². The third-order valence-electron chi connectivity index (χ3n) is 4.21. The number of amides is 1. The number of carbonyl (C=O) groups is 1. The van der Waals surface area contributed by atoms with Gasteiger partial charge in [0.15, 0.2) is 0 Å². The van der Waals surface area contributed by atoms with Gasteiger partial charge in [-0.05, 0) is 45.7 Å². The highest BCUT2D eigenvalue weighted by Gasteiger charge is 2.27. The molecule has 1 aromatic heterocycles. The molecule has 1 aromatic rings. The van der Waals surface area contributed by atoms with Crippen molar-refractivity contribution in [3.8, 4) is 0 Å². The third-order valence-corrected chi connectivity index (χ3v) is 4.21. The lowest BCUT2D eigenvalue weighted by atomic mass is 9.93. The molecule has 1 saturated carbocycles. The third kappa shape index (κ3) is 4.00. The Morgan fingerprint density at radius 1 is 1.29 bits per heavy atom. The van der Waals surface area contributed by atoms with Gasteiger partial charge in [0, 0.05) is 12.6 Å². The van der Waals surface area contributed by atoms with Crippen LogP contribution < -0.4 is 5.73 Å². The Morgan fingerprint density at radius 3 is 2.67 bits per heavy atom. The molecule has 2 rings (SSSR count). The van der Waals surface area contributed by atoms with Crippen LogP contribution in [0.5, 0.6) is 0 Å². The van der Waals surface area contributed by atoms with Crippen LogP contribution in [0.1, 0.15) is 60.3 Å². The lowest BCUT2D eigenvalue weighted by molar-refractivity contribution is 0.0631. The molecular weight excluding hydrogens is 264 g/mol. The van der Waals surface area contributed by atoms with Crippen molar-refractivity contribution in [2.24, 2.45) is 5.73 Å². The van der Waals surface area contributed by atoms with E-state index in [-0.39, 0.29) is 5.91 Å². The molecule has 0 spiro atoms. The second kappa shape index (κ2) is 7.50. The Labute approximate surface area is 126 Å². The standard InChI is InChI=1S/C16H26N4O/c1-12-11-15(13(2)19-18-12)16(21)20(10-6-9-17)14-7-4-3-5-8-14/h11,14H,3-10,17H2,1-2H3. The molecule has 1 amide bonds. The number of nitrogens with zero attached hydrogens (tertiary/aromatic N) is 3. The first-order valence-electron chi connectivity index (χ1n) is 7.95. The van der Waals surface area contributed by atoms with E-state index in [1.807, 2.05) is 24.8 Å². The summed E-state index contributed by atoms with van der Waals surface area (Å²) in [5.74, 6) is 0.0888. The van der Waals surface area contributed by atoms with Gasteiger partial charge in [-0.3, -0.25) is 4.79 Å². The zero-order valence-electron chi connectivity index (χ0n) is 13.1. The zero-order valence-corrected chi connectivity index (χ0v) is 13.1. The summed E-state index contributed by atoms with van der Waals surface area (Å²) in [4.78, 5) is 15.0. The summed E-state index contributed by atoms with van der Waals surface area (Å²) >= 11 is 0. The monoisotopic (exact) mass is 290 g/mol. The van der Waals surface area contributed by atoms with E-state index < -0.39 is 0 Å². The van der Waals surface area contributed by atoms with E-state index in [1.165, 1.54) is 19.3 Å². The Balaban J connectivity index is 2.21. The Kier molecular flexibility index (Phi) is 5.67. The fourth-order valence-corrected chi connectivity index (χ4v) is 3.03. The van der Waals surface area contributed by atoms with Gasteiger partial charge in [-0.25, -0.2) is 0 Å². The van der Waals surface area contributed by atoms with Crippen molar-refractivity contribution in [1.29, 1.82) is 0 Å². The molecule has 0 unspecified atom stereocenters. The Morgan fingerprint density at radius 2 is 2.00 bits per heavy atom. The second-order valence-corrected chi connectivity index (χ2v) is 5.92. The summed E-state index contributed by atoms with van der Waals surface area (Å²) in [6, 6.07) is 2.20. The summed E-state index contributed by atoms with van der Waals surface area (Å²) in [5.41, 5.74) is 7.82. The van der Waals surface area contributed by atoms with Gasteiger partial charge in [-0.2, -0.15) is 10.2 Å². The molecule has 1 aliphatic rings. The highest BCUT2D eigenvalue weighted by atomic mass is 16.2. The largest absolute Gasteiger partial charge is 0.336 e. The lowest BCUT2D eigenvalue weighted by Crippen LogP contribution is -2.43. The van der Waals surface area contributed by atoms with E-state index in [9.17, 15) is 4.79 Å². The van der Waals surface area contributed by atoms with Gasteiger partial charge in [-0.1, -0.05) is 19.3 Å². The molecule has 0 aromatic carbocycles. The lowest BCUT2D eigenvalue weighted by Gasteiger charge is -2.34. The minimum atomic E-state index is 0.0888. The van der Waals surface area contributed by atoms with Crippen LogP contribution in [-0.4, -0.2) is 40.1 Å². The van der Waals surface area contributed by atoms with Crippen LogP contribution >= 0.6 is 0 Å². The number of aromatic nitrogens is 2. The summed E-state index contributed by atoms with van der Waals surface area (Å²) in [7, 11) is 0. The molecular formula is C16H26N4O. The van der Waals surface area contributed by atoms with Gasteiger partial charge in [0.25, 0.3) is 5.91 Å². The topological polar surface area (TPSA) is 72.1 Å². The van der Waals surface area contributed by atoms with E-state index in [4.69, 9.17) is 5.73 Å². The van der Waals surface area contributed by atoms with Crippen molar-refractivity contribution in [3.63, 3.8) is 0 Å². The van der Waals surface area contributed by atoms with E-state index in [2.05, 4.69) is 10.2 Å². The molecule has 21 heavy (non-hydrogen) atoms. The van der Waals surface area contributed by atoms with E-state index >= 15 is 0 Å². The van der Waals surface area contributed by atoms with Crippen LogP contribution in [0.3, 0.4) is 0 Å². The van der Waals surface area contributed by atoms with Gasteiger partial charge in [0.05, 0.1) is 17.0 Å². The molecule has 0 aliphatic heterocycles. The molecule has 1 fully saturated rings. The maximum atomic E-state index is 12.9. The van der Waals surface area contributed by atoms with E-state index in [1.54, 1.807) is 0 Å². The average molecular weight is 290 g/mol. The predicted octanol–water partition coefficient (Wildman–Crippen LogP) is 2.22. The molecule has 0 bridgehead atoms. The van der Waals surface area contributed by atoms with Gasteiger partial charge >= 0.3 is 0 Å². The minimum Gasteiger partial charge on any atom is -0.336 e. The van der Waals surface area contributed by atoms with Crippen molar-refractivity contribution >= 4 is 5.91 Å². The number of nitrogens with two attached hydrogens (primary N) is 1. The van der Waals surface area contributed by atoms with Crippen LogP contribution in [0.2, 0.25) is 0 Å². The average Bonchev–Trinajstić information content (AvgIpc) is 2.51. The van der Waals surface area contributed by atoms with Crippen molar-refractivity contribution in [2.45, 2.75) is 58.4 Å². The normalized spacial score (nSPS) is 16.0. The van der Waals surface area contributed by atoms with Crippen molar-refractivity contribution in [1.82, 2.24) is 15.1 Å². The van der Waals surface area contributed by atoms with Crippen LogP contribution in [-0.2, 0) is 0 Å². The fraction of sp³-hybridized carbons (Fsp3) is 0.688. The van der Waals surface area contributed by atoms with E-state index in [0.29, 0.717) is 23.8 Å². The number of aryl methyl sites for hydroxylation is 2. The van der Waals surface area contributed by atoms with Crippen molar-refractivity contribution in [3.05, 3.63) is 23.0 Å². The molecule has 0 radical (unpaired) electrons. The Hall–Kier alpha value is -1.49. The van der Waals surface area contributed by atoms with Crippen LogP contribution in [0.15, 0.2) is 6.07 Å². The number of hydrogen-bond acceptors (Lipinski definition) is 4. The first kappa shape index (κ1) is 15.9. The van der Waals surface area contributed by atoms with Crippen molar-refractivity contribution in [2.75, 3.05) is 13.1 Å². The summed E-state index contributed by atoms with van der Waals surface area (Å²) in [6.07, 6.45) is 6.76. The molecule has 1 heterocycles. The number of hydrogen-bond donors (Lipinski definition) is 1. The molecule has 5 heteroatoms. The molecule has 116 valence electrons. The first-order chi connectivity index (χ1) is 10.1. The minimum absolute atomic E-state index is 0.0888. The fourth-order valence-electron chi connectivity index (χ4n) is 3.03. The molecule has 0 atom stereocenters. The van der Waals surface area contributed by atoms with Crippen LogP contribution in [0.4, 0.5) is 0 Å². The highest BCUT2D eigenvalue weighted by Crippen LogP contribution is 2.24. The van der Waals surface area contributed by atoms with Crippen LogP contribution in [0, 0.1) is 13.8 Å². The number of rotatable bonds is 5. The summed E-state index contributed by atoms with van der Waals surface area (Å²) < 4.78 is 0. The van der Waals surface area contributed by atoms with Crippen molar-refractivity contribution < 1.29 is 4.79 Å². The maximum absolute atomic E-state index is 12.9. The van der Waals surface area contributed by atoms with E-state index in [0.717, 1.165) is 31.5 Å².